The van der Waals surface area contributed by atoms with Gasteiger partial charge in [0.1, 0.15) is 0 Å². The van der Waals surface area contributed by atoms with E-state index in [4.69, 9.17) is 0 Å². The summed E-state index contributed by atoms with van der Waals surface area (Å²) in [5.74, 6) is 0. The van der Waals surface area contributed by atoms with E-state index < -0.39 is 0 Å². The van der Waals surface area contributed by atoms with Gasteiger partial charge in [0.2, 0.25) is 0 Å². The Labute approximate surface area is 120 Å². The molecule has 0 aliphatic rings. The molecule has 2 aromatic heterocycles. The molecule has 0 aliphatic carbocycles. The second-order valence-electron chi connectivity index (χ2n) is 4.50. The van der Waals surface area contributed by atoms with Gasteiger partial charge in [-0.3, -0.25) is 4.40 Å². The molecule has 0 saturated heterocycles. The molecule has 0 N–H and O–H groups in total. The average molecular weight is 316 g/mol. The summed E-state index contributed by atoms with van der Waals surface area (Å²) >= 11 is 3.53. The number of fused-ring (bicyclic) bond motifs is 1. The van der Waals surface area contributed by atoms with E-state index in [0.717, 1.165) is 22.5 Å². The topological polar surface area (TPSA) is 20.5 Å². The zero-order valence-corrected chi connectivity index (χ0v) is 12.2. The van der Waals surface area contributed by atoms with Crippen molar-refractivity contribution in [3.63, 3.8) is 0 Å². The van der Waals surface area contributed by atoms with Crippen molar-refractivity contribution in [3.8, 4) is 0 Å². The van der Waals surface area contributed by atoms with Crippen molar-refractivity contribution >= 4 is 27.3 Å². The highest BCUT2D eigenvalue weighted by Gasteiger charge is 2.09. The summed E-state index contributed by atoms with van der Waals surface area (Å²) < 4.78 is 3.05. The van der Waals surface area contributed by atoms with E-state index in [2.05, 4.69) is 63.2 Å². The van der Waals surface area contributed by atoms with Crippen LogP contribution >= 0.6 is 15.9 Å². The first-order chi connectivity index (χ1) is 9.25. The Morgan fingerprint density at radius 2 is 1.95 bits per heavy atom. The first-order valence-electron chi connectivity index (χ1n) is 6.12. The van der Waals surface area contributed by atoms with Crippen molar-refractivity contribution in [2.24, 2.45) is 0 Å². The molecule has 0 saturated carbocycles. The quantitative estimate of drug-likeness (QED) is 0.686. The third-order valence-electron chi connectivity index (χ3n) is 3.15. The number of hydrogen-bond donors (Lipinski definition) is 0. The van der Waals surface area contributed by atoms with E-state index in [1.807, 2.05) is 28.9 Å². The van der Waals surface area contributed by atoms with Crippen LogP contribution in [0, 0.1) is 0 Å². The number of benzene rings is 1. The average Bonchev–Trinajstić information content (AvgIpc) is 2.90. The van der Waals surface area contributed by atoms with Crippen molar-refractivity contribution in [1.29, 1.82) is 0 Å². The van der Waals surface area contributed by atoms with Gasteiger partial charge < -0.3 is 4.90 Å². The molecule has 0 bridgehead atoms. The molecule has 3 aromatic rings. The molecule has 4 heteroatoms. The number of imidazole rings is 1. The predicted molar refractivity (Wildman–Crippen MR) is 81.4 cm³/mol. The van der Waals surface area contributed by atoms with Crippen molar-refractivity contribution in [1.82, 2.24) is 9.38 Å². The van der Waals surface area contributed by atoms with E-state index in [1.54, 1.807) is 0 Å². The Kier molecular flexibility index (Phi) is 3.25. The Morgan fingerprint density at radius 1 is 1.16 bits per heavy atom. The number of pyridine rings is 1. The molecule has 0 atom stereocenters. The lowest BCUT2D eigenvalue weighted by molar-refractivity contribution is 0.918. The Morgan fingerprint density at radius 3 is 2.74 bits per heavy atom. The van der Waals surface area contributed by atoms with Gasteiger partial charge in [0, 0.05) is 26.0 Å². The number of rotatable bonds is 3. The van der Waals surface area contributed by atoms with E-state index in [-0.39, 0.29) is 0 Å². The first kappa shape index (κ1) is 12.2. The predicted octanol–water partition coefficient (Wildman–Crippen LogP) is 3.73. The van der Waals surface area contributed by atoms with Crippen LogP contribution in [0.25, 0.3) is 5.65 Å². The van der Waals surface area contributed by atoms with Gasteiger partial charge in [0.25, 0.3) is 0 Å². The second kappa shape index (κ2) is 5.05. The van der Waals surface area contributed by atoms with Crippen molar-refractivity contribution < 1.29 is 0 Å². The number of halogens is 1. The normalized spacial score (nSPS) is 10.8. The molecule has 0 amide bonds. The Hall–Kier alpha value is -1.81. The van der Waals surface area contributed by atoms with Crippen molar-refractivity contribution in [2.45, 2.75) is 6.54 Å². The third kappa shape index (κ3) is 2.36. The zero-order valence-electron chi connectivity index (χ0n) is 10.6. The minimum Gasteiger partial charge on any atom is -0.367 e. The summed E-state index contributed by atoms with van der Waals surface area (Å²) in [5.41, 5.74) is 3.38. The van der Waals surface area contributed by atoms with Gasteiger partial charge >= 0.3 is 0 Å². The van der Waals surface area contributed by atoms with Crippen LogP contribution in [-0.2, 0) is 6.54 Å². The van der Waals surface area contributed by atoms with Crippen LogP contribution in [0.4, 0.5) is 5.69 Å². The molecule has 19 heavy (non-hydrogen) atoms. The van der Waals surface area contributed by atoms with Gasteiger partial charge in [-0.25, -0.2) is 4.98 Å². The second-order valence-corrected chi connectivity index (χ2v) is 5.32. The van der Waals surface area contributed by atoms with Crippen LogP contribution in [0.2, 0.25) is 0 Å². The molecule has 96 valence electrons. The molecule has 0 aliphatic heterocycles. The fraction of sp³-hybridized carbons (Fsp3) is 0.133. The van der Waals surface area contributed by atoms with E-state index in [0.29, 0.717) is 0 Å². The van der Waals surface area contributed by atoms with Gasteiger partial charge in [-0.05, 0) is 33.6 Å². The SMILES string of the molecule is CN(Cc1ccccc1)c1ccc(Br)n2ccnc12. The minimum atomic E-state index is 0.866. The lowest BCUT2D eigenvalue weighted by Crippen LogP contribution is -2.17. The monoisotopic (exact) mass is 315 g/mol. The molecule has 3 rings (SSSR count). The molecule has 0 spiro atoms. The third-order valence-corrected chi connectivity index (χ3v) is 3.80. The first-order valence-corrected chi connectivity index (χ1v) is 6.91. The minimum absolute atomic E-state index is 0.866. The molecule has 0 unspecified atom stereocenters. The van der Waals surface area contributed by atoms with Gasteiger partial charge in [-0.2, -0.15) is 0 Å². The number of hydrogen-bond acceptors (Lipinski definition) is 2. The molecule has 0 radical (unpaired) electrons. The lowest BCUT2D eigenvalue weighted by atomic mass is 10.2. The fourth-order valence-electron chi connectivity index (χ4n) is 2.21. The lowest BCUT2D eigenvalue weighted by Gasteiger charge is -2.20. The summed E-state index contributed by atoms with van der Waals surface area (Å²) in [6.45, 7) is 0.866. The summed E-state index contributed by atoms with van der Waals surface area (Å²) in [4.78, 5) is 6.65. The molecular weight excluding hydrogens is 302 g/mol. The van der Waals surface area contributed by atoms with E-state index >= 15 is 0 Å². The standard InChI is InChI=1S/C15H14BrN3/c1-18(11-12-5-3-2-4-6-12)13-7-8-14(16)19-10-9-17-15(13)19/h2-10H,11H2,1H3. The Bertz CT molecular complexity index is 691. The maximum atomic E-state index is 4.43. The largest absolute Gasteiger partial charge is 0.367 e. The zero-order chi connectivity index (χ0) is 13.2. The summed E-state index contributed by atoms with van der Waals surface area (Å²) in [7, 11) is 2.09. The van der Waals surface area contributed by atoms with Crippen LogP contribution in [0.3, 0.4) is 0 Å². The molecule has 1 aromatic carbocycles. The van der Waals surface area contributed by atoms with Crippen molar-refractivity contribution in [3.05, 3.63) is 65.0 Å². The molecular formula is C15H14BrN3. The maximum absolute atomic E-state index is 4.43. The fourth-order valence-corrected chi connectivity index (χ4v) is 2.63. The van der Waals surface area contributed by atoms with Gasteiger partial charge in [-0.15, -0.1) is 0 Å². The summed E-state index contributed by atoms with van der Waals surface area (Å²) in [5, 5.41) is 0. The van der Waals surface area contributed by atoms with Gasteiger partial charge in [-0.1, -0.05) is 30.3 Å². The number of aromatic nitrogens is 2. The highest BCUT2D eigenvalue weighted by atomic mass is 79.9. The molecule has 3 nitrogen and oxygen atoms in total. The van der Waals surface area contributed by atoms with Crippen molar-refractivity contribution in [2.75, 3.05) is 11.9 Å². The highest BCUT2D eigenvalue weighted by Crippen LogP contribution is 2.24. The molecule has 2 heterocycles. The smallest absolute Gasteiger partial charge is 0.161 e. The highest BCUT2D eigenvalue weighted by molar-refractivity contribution is 9.10. The Balaban J connectivity index is 1.96. The van der Waals surface area contributed by atoms with Crippen LogP contribution in [-0.4, -0.2) is 16.4 Å². The maximum Gasteiger partial charge on any atom is 0.161 e. The van der Waals surface area contributed by atoms with Gasteiger partial charge in [0.05, 0.1) is 10.3 Å². The summed E-state index contributed by atoms with van der Waals surface area (Å²) in [6.07, 6.45) is 3.78. The van der Waals surface area contributed by atoms with Crippen LogP contribution in [0.5, 0.6) is 0 Å². The molecule has 0 fully saturated rings. The van der Waals surface area contributed by atoms with Crippen LogP contribution < -0.4 is 4.90 Å². The van der Waals surface area contributed by atoms with Crippen LogP contribution in [0.1, 0.15) is 5.56 Å². The van der Waals surface area contributed by atoms with Gasteiger partial charge in [0.15, 0.2) is 5.65 Å². The number of anilines is 1. The number of nitrogens with zero attached hydrogens (tertiary/aromatic N) is 3. The van der Waals surface area contributed by atoms with Crippen LogP contribution in [0.15, 0.2) is 59.5 Å². The van der Waals surface area contributed by atoms with E-state index in [9.17, 15) is 0 Å². The van der Waals surface area contributed by atoms with E-state index in [1.165, 1.54) is 5.56 Å². The summed E-state index contributed by atoms with van der Waals surface area (Å²) in [6, 6.07) is 14.6.